The summed E-state index contributed by atoms with van der Waals surface area (Å²) in [4.78, 5) is 19.3. The Morgan fingerprint density at radius 3 is 2.63 bits per heavy atom. The van der Waals surface area contributed by atoms with Crippen LogP contribution in [-0.4, -0.2) is 20.5 Å². The first-order valence-corrected chi connectivity index (χ1v) is 10.3. The van der Waals surface area contributed by atoms with Crippen molar-refractivity contribution >= 4 is 38.2 Å². The Hall–Kier alpha value is -3.82. The monoisotopic (exact) mass is 408 g/mol. The number of aromatic nitrogens is 3. The fourth-order valence-electron chi connectivity index (χ4n) is 3.56. The SMILES string of the molecule is Cc1nn(-c2ccccc2)c2sc(C(=O)[C@@H](C#N)c3ccc4ccccc4n3)cc12. The van der Waals surface area contributed by atoms with Gasteiger partial charge in [0.25, 0.3) is 0 Å². The van der Waals surface area contributed by atoms with Crippen molar-refractivity contribution in [3.05, 3.63) is 89.1 Å². The van der Waals surface area contributed by atoms with E-state index in [1.165, 1.54) is 11.3 Å². The summed E-state index contributed by atoms with van der Waals surface area (Å²) < 4.78 is 1.85. The second-order valence-electron chi connectivity index (χ2n) is 7.02. The van der Waals surface area contributed by atoms with Crippen LogP contribution in [0.2, 0.25) is 0 Å². The molecule has 30 heavy (non-hydrogen) atoms. The zero-order valence-corrected chi connectivity index (χ0v) is 16.9. The van der Waals surface area contributed by atoms with Crippen LogP contribution < -0.4 is 0 Å². The molecule has 0 unspecified atom stereocenters. The number of carbonyl (C=O) groups excluding carboxylic acids is 1. The van der Waals surface area contributed by atoms with Gasteiger partial charge in [-0.2, -0.15) is 10.4 Å². The zero-order valence-electron chi connectivity index (χ0n) is 16.1. The van der Waals surface area contributed by atoms with Gasteiger partial charge in [0.1, 0.15) is 4.83 Å². The summed E-state index contributed by atoms with van der Waals surface area (Å²) in [5.74, 6) is -1.18. The number of para-hydroxylation sites is 2. The van der Waals surface area contributed by atoms with Crippen molar-refractivity contribution in [1.29, 1.82) is 5.26 Å². The summed E-state index contributed by atoms with van der Waals surface area (Å²) >= 11 is 1.36. The van der Waals surface area contributed by atoms with E-state index in [1.54, 1.807) is 6.07 Å². The number of Topliss-reactive ketones (excluding diaryl/α,β-unsaturated/α-hetero) is 1. The molecule has 5 aromatic rings. The number of rotatable bonds is 4. The van der Waals surface area contributed by atoms with E-state index in [-0.39, 0.29) is 5.78 Å². The number of nitriles is 1. The Labute approximate surface area is 176 Å². The van der Waals surface area contributed by atoms with Gasteiger partial charge < -0.3 is 0 Å². The topological polar surface area (TPSA) is 71.6 Å². The first-order valence-electron chi connectivity index (χ1n) is 9.50. The Morgan fingerprint density at radius 2 is 1.83 bits per heavy atom. The van der Waals surface area contributed by atoms with Crippen molar-refractivity contribution in [2.45, 2.75) is 12.8 Å². The molecular weight excluding hydrogens is 392 g/mol. The van der Waals surface area contributed by atoms with E-state index < -0.39 is 5.92 Å². The standard InChI is InChI=1S/C24H16N4OS/c1-15-18-13-22(30-24(18)28(27-15)17-8-3-2-4-9-17)23(29)19(14-25)21-12-11-16-7-5-6-10-20(16)26-21/h2-13,19H,1H3/t19-/m0/s1. The predicted molar refractivity (Wildman–Crippen MR) is 118 cm³/mol. The maximum atomic E-state index is 13.3. The van der Waals surface area contributed by atoms with Crippen LogP contribution in [0.1, 0.15) is 27.0 Å². The first-order chi connectivity index (χ1) is 14.7. The van der Waals surface area contributed by atoms with Crippen LogP contribution in [0.25, 0.3) is 26.8 Å². The lowest BCUT2D eigenvalue weighted by Crippen LogP contribution is -2.11. The Bertz CT molecular complexity index is 1440. The number of fused-ring (bicyclic) bond motifs is 2. The van der Waals surface area contributed by atoms with E-state index in [0.29, 0.717) is 10.6 Å². The van der Waals surface area contributed by atoms with Gasteiger partial charge in [-0.3, -0.25) is 9.78 Å². The molecule has 3 aromatic heterocycles. The lowest BCUT2D eigenvalue weighted by molar-refractivity contribution is 0.0981. The molecule has 0 amide bonds. The lowest BCUT2D eigenvalue weighted by atomic mass is 9.99. The van der Waals surface area contributed by atoms with Gasteiger partial charge >= 0.3 is 0 Å². The minimum atomic E-state index is -0.948. The van der Waals surface area contributed by atoms with Gasteiger partial charge in [-0.15, -0.1) is 11.3 Å². The highest BCUT2D eigenvalue weighted by molar-refractivity contribution is 7.20. The average Bonchev–Trinajstić information content (AvgIpc) is 3.35. The van der Waals surface area contributed by atoms with E-state index in [0.717, 1.165) is 32.5 Å². The molecule has 0 saturated carbocycles. The van der Waals surface area contributed by atoms with Crippen LogP contribution in [-0.2, 0) is 0 Å². The number of aryl methyl sites for hydroxylation is 1. The molecule has 0 saturated heterocycles. The summed E-state index contributed by atoms with van der Waals surface area (Å²) in [5.41, 5.74) is 3.03. The van der Waals surface area contributed by atoms with Crippen LogP contribution in [0.4, 0.5) is 0 Å². The van der Waals surface area contributed by atoms with Crippen molar-refractivity contribution in [1.82, 2.24) is 14.8 Å². The Balaban J connectivity index is 1.57. The molecule has 5 rings (SSSR count). The molecule has 0 spiro atoms. The Kier molecular flexibility index (Phi) is 4.38. The third-order valence-electron chi connectivity index (χ3n) is 5.10. The van der Waals surface area contributed by atoms with Gasteiger partial charge in [0.15, 0.2) is 11.7 Å². The van der Waals surface area contributed by atoms with Crippen LogP contribution in [0, 0.1) is 18.3 Å². The number of ketones is 1. The molecule has 5 nitrogen and oxygen atoms in total. The molecule has 2 aromatic carbocycles. The number of benzene rings is 2. The van der Waals surface area contributed by atoms with E-state index >= 15 is 0 Å². The van der Waals surface area contributed by atoms with Crippen molar-refractivity contribution in [3.63, 3.8) is 0 Å². The second kappa shape index (κ2) is 7.21. The van der Waals surface area contributed by atoms with E-state index in [2.05, 4.69) is 16.2 Å². The van der Waals surface area contributed by atoms with Gasteiger partial charge in [0.05, 0.1) is 33.5 Å². The van der Waals surface area contributed by atoms with Crippen LogP contribution in [0.15, 0.2) is 72.8 Å². The number of hydrogen-bond donors (Lipinski definition) is 0. The largest absolute Gasteiger partial charge is 0.291 e. The first kappa shape index (κ1) is 18.2. The molecular formula is C24H16N4OS. The zero-order chi connectivity index (χ0) is 20.7. The fourth-order valence-corrected chi connectivity index (χ4v) is 4.71. The average molecular weight is 408 g/mol. The van der Waals surface area contributed by atoms with Crippen molar-refractivity contribution in [3.8, 4) is 11.8 Å². The third-order valence-corrected chi connectivity index (χ3v) is 6.22. The van der Waals surface area contributed by atoms with Gasteiger partial charge in [-0.05, 0) is 37.3 Å². The van der Waals surface area contributed by atoms with Gasteiger partial charge in [-0.1, -0.05) is 42.5 Å². The van der Waals surface area contributed by atoms with Crippen LogP contribution in [0.5, 0.6) is 0 Å². The normalized spacial score (nSPS) is 12.1. The highest BCUT2D eigenvalue weighted by atomic mass is 32.1. The number of nitrogens with zero attached hydrogens (tertiary/aromatic N) is 4. The minimum absolute atomic E-state index is 0.236. The molecule has 0 aliphatic carbocycles. The number of carbonyl (C=O) groups is 1. The molecule has 0 fully saturated rings. The molecule has 144 valence electrons. The van der Waals surface area contributed by atoms with Gasteiger partial charge in [0.2, 0.25) is 0 Å². The van der Waals surface area contributed by atoms with Crippen molar-refractivity contribution in [2.24, 2.45) is 0 Å². The maximum absolute atomic E-state index is 13.3. The molecule has 0 aliphatic rings. The van der Waals surface area contributed by atoms with E-state index in [1.807, 2.05) is 78.3 Å². The molecule has 0 bridgehead atoms. The molecule has 3 heterocycles. The Morgan fingerprint density at radius 1 is 1.07 bits per heavy atom. The fraction of sp³-hybridized carbons (Fsp3) is 0.0833. The summed E-state index contributed by atoms with van der Waals surface area (Å²) in [7, 11) is 0. The van der Waals surface area contributed by atoms with Crippen LogP contribution >= 0.6 is 11.3 Å². The number of pyridine rings is 1. The van der Waals surface area contributed by atoms with E-state index in [4.69, 9.17) is 0 Å². The predicted octanol–water partition coefficient (Wildman–Crippen LogP) is 5.43. The third kappa shape index (κ3) is 2.97. The summed E-state index contributed by atoms with van der Waals surface area (Å²) in [6.45, 7) is 1.93. The molecule has 0 radical (unpaired) electrons. The summed E-state index contributed by atoms with van der Waals surface area (Å²) in [5, 5.41) is 16.3. The molecule has 6 heteroatoms. The molecule has 0 N–H and O–H groups in total. The highest BCUT2D eigenvalue weighted by Gasteiger charge is 2.26. The van der Waals surface area contributed by atoms with Crippen molar-refractivity contribution < 1.29 is 4.79 Å². The second-order valence-corrected chi connectivity index (χ2v) is 8.05. The summed E-state index contributed by atoms with van der Waals surface area (Å²) in [6.07, 6.45) is 0. The number of hydrogen-bond acceptors (Lipinski definition) is 5. The quantitative estimate of drug-likeness (QED) is 0.372. The van der Waals surface area contributed by atoms with Gasteiger partial charge in [-0.25, -0.2) is 4.68 Å². The number of thiophene rings is 1. The minimum Gasteiger partial charge on any atom is -0.291 e. The van der Waals surface area contributed by atoms with Gasteiger partial charge in [0, 0.05) is 10.8 Å². The lowest BCUT2D eigenvalue weighted by Gasteiger charge is -2.08. The summed E-state index contributed by atoms with van der Waals surface area (Å²) in [6, 6.07) is 25.1. The highest BCUT2D eigenvalue weighted by Crippen LogP contribution is 2.33. The molecule has 1 atom stereocenters. The van der Waals surface area contributed by atoms with E-state index in [9.17, 15) is 10.1 Å². The maximum Gasteiger partial charge on any atom is 0.196 e. The molecule has 0 aliphatic heterocycles. The van der Waals surface area contributed by atoms with Crippen LogP contribution in [0.3, 0.4) is 0 Å². The van der Waals surface area contributed by atoms with Crippen molar-refractivity contribution in [2.75, 3.05) is 0 Å². The smallest absolute Gasteiger partial charge is 0.196 e.